The van der Waals surface area contributed by atoms with Crippen molar-refractivity contribution in [2.24, 2.45) is 0 Å². The summed E-state index contributed by atoms with van der Waals surface area (Å²) in [4.78, 5) is 3.92. The molecule has 0 fully saturated rings. The molecule has 0 atom stereocenters. The van der Waals surface area contributed by atoms with Crippen LogP contribution in [-0.4, -0.2) is 20.5 Å². The van der Waals surface area contributed by atoms with Gasteiger partial charge in [-0.25, -0.2) is 8.42 Å². The van der Waals surface area contributed by atoms with Crippen LogP contribution >= 0.6 is 0 Å². The minimum absolute atomic E-state index is 0.00881. The molecule has 7 heteroatoms. The molecule has 0 aliphatic heterocycles. The number of aryl methyl sites for hydroxylation is 1. The Balaban J connectivity index is 2.39. The van der Waals surface area contributed by atoms with E-state index < -0.39 is 10.0 Å². The number of nitrogens with one attached hydrogen (secondary N) is 1. The van der Waals surface area contributed by atoms with Crippen molar-refractivity contribution in [1.82, 2.24) is 4.98 Å². The number of sulfonamides is 1. The van der Waals surface area contributed by atoms with Gasteiger partial charge in [-0.2, -0.15) is 0 Å². The van der Waals surface area contributed by atoms with Crippen LogP contribution in [0, 0.1) is 6.92 Å². The summed E-state index contributed by atoms with van der Waals surface area (Å²) in [5.74, 6) is 0.501. The molecule has 0 saturated heterocycles. The van der Waals surface area contributed by atoms with Crippen molar-refractivity contribution in [1.29, 1.82) is 0 Å². The molecular weight excluding hydrogens is 278 g/mol. The number of nitrogen functional groups attached to an aromatic ring is 1. The van der Waals surface area contributed by atoms with Gasteiger partial charge in [-0.15, -0.1) is 0 Å². The Morgan fingerprint density at radius 1 is 1.30 bits per heavy atom. The number of ether oxygens (including phenoxy) is 1. The van der Waals surface area contributed by atoms with Crippen LogP contribution in [0.3, 0.4) is 0 Å². The van der Waals surface area contributed by atoms with Gasteiger partial charge in [0.2, 0.25) is 0 Å². The summed E-state index contributed by atoms with van der Waals surface area (Å²) in [6.45, 7) is 1.77. The molecule has 0 aliphatic rings. The normalized spacial score (nSPS) is 11.1. The predicted molar refractivity (Wildman–Crippen MR) is 77.2 cm³/mol. The maximum atomic E-state index is 12.3. The lowest BCUT2D eigenvalue weighted by Crippen LogP contribution is -2.15. The molecule has 1 aromatic carbocycles. The summed E-state index contributed by atoms with van der Waals surface area (Å²) in [5, 5.41) is 0. The highest BCUT2D eigenvalue weighted by Gasteiger charge is 2.18. The van der Waals surface area contributed by atoms with E-state index in [1.165, 1.54) is 25.4 Å². The maximum absolute atomic E-state index is 12.3. The molecular formula is C13H15N3O3S. The van der Waals surface area contributed by atoms with E-state index in [1.54, 1.807) is 25.3 Å². The SMILES string of the molecule is COc1ccc(S(=O)(=O)Nc2ccncc2C)c(N)c1. The molecule has 0 unspecified atom stereocenters. The minimum atomic E-state index is -3.75. The summed E-state index contributed by atoms with van der Waals surface area (Å²) >= 11 is 0. The Labute approximate surface area is 117 Å². The molecule has 0 radical (unpaired) electrons. The van der Waals surface area contributed by atoms with Gasteiger partial charge in [0.05, 0.1) is 18.5 Å². The molecule has 3 N–H and O–H groups in total. The number of methoxy groups -OCH3 is 1. The fourth-order valence-corrected chi connectivity index (χ4v) is 2.93. The summed E-state index contributed by atoms with van der Waals surface area (Å²) in [6.07, 6.45) is 3.09. The lowest BCUT2D eigenvalue weighted by atomic mass is 10.3. The third-order valence-electron chi connectivity index (χ3n) is 2.77. The second-order valence-electron chi connectivity index (χ2n) is 4.20. The summed E-state index contributed by atoms with van der Waals surface area (Å²) < 4.78 is 32.1. The average Bonchev–Trinajstić information content (AvgIpc) is 2.40. The zero-order valence-corrected chi connectivity index (χ0v) is 11.9. The van der Waals surface area contributed by atoms with Crippen LogP contribution in [0.15, 0.2) is 41.6 Å². The third-order valence-corrected chi connectivity index (χ3v) is 4.21. The molecule has 6 nitrogen and oxygen atoms in total. The van der Waals surface area contributed by atoms with E-state index in [1.807, 2.05) is 0 Å². The first-order valence-electron chi connectivity index (χ1n) is 5.81. The highest BCUT2D eigenvalue weighted by atomic mass is 32.2. The number of hydrogen-bond donors (Lipinski definition) is 2. The van der Waals surface area contributed by atoms with Crippen molar-refractivity contribution in [3.8, 4) is 5.75 Å². The fraction of sp³-hybridized carbons (Fsp3) is 0.154. The zero-order valence-electron chi connectivity index (χ0n) is 11.1. The molecule has 1 heterocycles. The average molecular weight is 293 g/mol. The van der Waals surface area contributed by atoms with E-state index in [4.69, 9.17) is 10.5 Å². The van der Waals surface area contributed by atoms with Gasteiger partial charge >= 0.3 is 0 Å². The van der Waals surface area contributed by atoms with Crippen molar-refractivity contribution in [3.63, 3.8) is 0 Å². The maximum Gasteiger partial charge on any atom is 0.263 e. The summed E-state index contributed by atoms with van der Waals surface area (Å²) in [5.41, 5.74) is 7.08. The lowest BCUT2D eigenvalue weighted by Gasteiger charge is -2.12. The third kappa shape index (κ3) is 2.83. The molecule has 0 aliphatic carbocycles. The standard InChI is InChI=1S/C13H15N3O3S/c1-9-8-15-6-5-12(9)16-20(17,18)13-4-3-10(19-2)7-11(13)14/h3-8H,14H2,1-2H3,(H,15,16). The van der Waals surface area contributed by atoms with Crippen molar-refractivity contribution < 1.29 is 13.2 Å². The first-order chi connectivity index (χ1) is 9.44. The van der Waals surface area contributed by atoms with Crippen molar-refractivity contribution >= 4 is 21.4 Å². The van der Waals surface area contributed by atoms with E-state index in [0.29, 0.717) is 11.4 Å². The second-order valence-corrected chi connectivity index (χ2v) is 5.85. The van der Waals surface area contributed by atoms with Crippen molar-refractivity contribution in [3.05, 3.63) is 42.2 Å². The van der Waals surface area contributed by atoms with Gasteiger partial charge in [0.1, 0.15) is 10.6 Å². The Morgan fingerprint density at radius 3 is 2.65 bits per heavy atom. The van der Waals surface area contributed by atoms with Gasteiger partial charge in [-0.3, -0.25) is 9.71 Å². The van der Waals surface area contributed by atoms with Crippen LogP contribution in [0.25, 0.3) is 0 Å². The van der Waals surface area contributed by atoms with Crippen molar-refractivity contribution in [2.45, 2.75) is 11.8 Å². The molecule has 0 spiro atoms. The van der Waals surface area contributed by atoms with Gasteiger partial charge in [0.25, 0.3) is 10.0 Å². The van der Waals surface area contributed by atoms with Crippen LogP contribution in [0.4, 0.5) is 11.4 Å². The predicted octanol–water partition coefficient (Wildman–Crippen LogP) is 1.78. The lowest BCUT2D eigenvalue weighted by molar-refractivity contribution is 0.414. The van der Waals surface area contributed by atoms with E-state index in [-0.39, 0.29) is 10.6 Å². The van der Waals surface area contributed by atoms with E-state index >= 15 is 0 Å². The highest BCUT2D eigenvalue weighted by Crippen LogP contribution is 2.26. The highest BCUT2D eigenvalue weighted by molar-refractivity contribution is 7.92. The first-order valence-corrected chi connectivity index (χ1v) is 7.29. The van der Waals surface area contributed by atoms with Crippen molar-refractivity contribution in [2.75, 3.05) is 17.6 Å². The minimum Gasteiger partial charge on any atom is -0.497 e. The quantitative estimate of drug-likeness (QED) is 0.838. The van der Waals surface area contributed by atoms with E-state index in [0.717, 1.165) is 5.56 Å². The van der Waals surface area contributed by atoms with Crippen LogP contribution in [0.1, 0.15) is 5.56 Å². The number of pyridine rings is 1. The number of nitrogens with two attached hydrogens (primary N) is 1. The van der Waals surface area contributed by atoms with Crippen LogP contribution in [0.5, 0.6) is 5.75 Å². The van der Waals surface area contributed by atoms with Crippen LogP contribution < -0.4 is 15.2 Å². The van der Waals surface area contributed by atoms with E-state index in [2.05, 4.69) is 9.71 Å². The number of aromatic nitrogens is 1. The Morgan fingerprint density at radius 2 is 2.05 bits per heavy atom. The van der Waals surface area contributed by atoms with Gasteiger partial charge in [0, 0.05) is 18.5 Å². The van der Waals surface area contributed by atoms with Gasteiger partial charge in [-0.05, 0) is 30.7 Å². The largest absolute Gasteiger partial charge is 0.497 e. The fourth-order valence-electron chi connectivity index (χ4n) is 1.69. The number of benzene rings is 1. The van der Waals surface area contributed by atoms with E-state index in [9.17, 15) is 8.42 Å². The summed E-state index contributed by atoms with van der Waals surface area (Å²) in [6, 6.07) is 6.01. The monoisotopic (exact) mass is 293 g/mol. The Bertz CT molecular complexity index is 729. The van der Waals surface area contributed by atoms with Gasteiger partial charge < -0.3 is 10.5 Å². The molecule has 1 aromatic heterocycles. The molecule has 0 amide bonds. The number of rotatable bonds is 4. The Kier molecular flexibility index (Phi) is 3.80. The molecule has 0 bridgehead atoms. The number of nitrogens with zero attached hydrogens (tertiary/aromatic N) is 1. The number of hydrogen-bond acceptors (Lipinski definition) is 5. The second kappa shape index (κ2) is 5.38. The smallest absolute Gasteiger partial charge is 0.263 e. The molecule has 20 heavy (non-hydrogen) atoms. The van der Waals surface area contributed by atoms with Gasteiger partial charge in [-0.1, -0.05) is 0 Å². The Hall–Kier alpha value is -2.28. The summed E-state index contributed by atoms with van der Waals surface area (Å²) in [7, 11) is -2.26. The molecule has 2 aromatic rings. The molecule has 106 valence electrons. The van der Waals surface area contributed by atoms with Crippen LogP contribution in [-0.2, 0) is 10.0 Å². The van der Waals surface area contributed by atoms with Gasteiger partial charge in [0.15, 0.2) is 0 Å². The molecule has 0 saturated carbocycles. The first kappa shape index (κ1) is 14.1. The zero-order chi connectivity index (χ0) is 14.8. The molecule has 2 rings (SSSR count). The van der Waals surface area contributed by atoms with Crippen LogP contribution in [0.2, 0.25) is 0 Å². The topological polar surface area (TPSA) is 94.3 Å². The number of anilines is 2.